The van der Waals surface area contributed by atoms with Crippen molar-refractivity contribution in [2.45, 2.75) is 26.3 Å². The molecule has 1 aromatic heterocycles. The van der Waals surface area contributed by atoms with E-state index in [2.05, 4.69) is 5.10 Å². The fourth-order valence-electron chi connectivity index (χ4n) is 1.29. The first-order valence-electron chi connectivity index (χ1n) is 5.19. The van der Waals surface area contributed by atoms with Crippen molar-refractivity contribution >= 4 is 11.9 Å². The lowest BCUT2D eigenvalue weighted by Gasteiger charge is -2.31. The molecule has 0 bridgehead atoms. The van der Waals surface area contributed by atoms with Gasteiger partial charge in [-0.15, -0.1) is 0 Å². The van der Waals surface area contributed by atoms with E-state index in [0.29, 0.717) is 11.3 Å². The number of carboxylic acid groups (broad SMARTS) is 1. The van der Waals surface area contributed by atoms with Crippen molar-refractivity contribution in [1.29, 1.82) is 0 Å². The molecule has 0 aliphatic rings. The Labute approximate surface area is 99.8 Å². The smallest absolute Gasteiger partial charge is 0.329 e. The minimum atomic E-state index is -1.25. The van der Waals surface area contributed by atoms with Crippen molar-refractivity contribution in [3.05, 3.63) is 17.5 Å². The molecular weight excluding hydrogens is 222 g/mol. The Morgan fingerprint density at radius 3 is 2.35 bits per heavy atom. The van der Waals surface area contributed by atoms with Crippen LogP contribution in [0.2, 0.25) is 0 Å². The van der Waals surface area contributed by atoms with Crippen LogP contribution in [0.5, 0.6) is 0 Å². The van der Waals surface area contributed by atoms with Gasteiger partial charge in [-0.05, 0) is 20.8 Å². The van der Waals surface area contributed by atoms with Crippen LogP contribution in [0.1, 0.15) is 29.9 Å². The van der Waals surface area contributed by atoms with E-state index in [1.807, 2.05) is 0 Å². The molecule has 6 nitrogen and oxygen atoms in total. The molecule has 0 aliphatic heterocycles. The van der Waals surface area contributed by atoms with Crippen LogP contribution in [0.15, 0.2) is 6.20 Å². The second-order valence-corrected chi connectivity index (χ2v) is 4.50. The van der Waals surface area contributed by atoms with Gasteiger partial charge in [0.25, 0.3) is 5.91 Å². The summed E-state index contributed by atoms with van der Waals surface area (Å²) in [5, 5.41) is 13.0. The highest BCUT2D eigenvalue weighted by Gasteiger charge is 2.36. The summed E-state index contributed by atoms with van der Waals surface area (Å²) in [4.78, 5) is 24.4. The van der Waals surface area contributed by atoms with E-state index < -0.39 is 11.5 Å². The van der Waals surface area contributed by atoms with E-state index >= 15 is 0 Å². The first-order valence-corrected chi connectivity index (χ1v) is 5.19. The highest BCUT2D eigenvalue weighted by Crippen LogP contribution is 2.17. The van der Waals surface area contributed by atoms with Crippen LogP contribution in [-0.4, -0.2) is 44.3 Å². The van der Waals surface area contributed by atoms with Gasteiger partial charge in [-0.1, -0.05) is 0 Å². The third kappa shape index (κ3) is 2.15. The van der Waals surface area contributed by atoms with Crippen molar-refractivity contribution in [3.8, 4) is 0 Å². The topological polar surface area (TPSA) is 75.4 Å². The van der Waals surface area contributed by atoms with Crippen LogP contribution >= 0.6 is 0 Å². The fourth-order valence-corrected chi connectivity index (χ4v) is 1.29. The molecule has 1 rings (SSSR count). The van der Waals surface area contributed by atoms with Gasteiger partial charge in [0.15, 0.2) is 0 Å². The van der Waals surface area contributed by atoms with E-state index in [1.54, 1.807) is 18.7 Å². The molecule has 1 heterocycles. The molecule has 0 atom stereocenters. The molecule has 1 aromatic rings. The minimum Gasteiger partial charge on any atom is -0.480 e. The van der Waals surface area contributed by atoms with Crippen molar-refractivity contribution in [3.63, 3.8) is 0 Å². The van der Waals surface area contributed by atoms with Gasteiger partial charge < -0.3 is 10.0 Å². The largest absolute Gasteiger partial charge is 0.480 e. The summed E-state index contributed by atoms with van der Waals surface area (Å²) in [5.41, 5.74) is -0.119. The lowest BCUT2D eigenvalue weighted by Crippen LogP contribution is -2.50. The third-order valence-corrected chi connectivity index (χ3v) is 3.13. The first-order chi connectivity index (χ1) is 7.69. The zero-order valence-electron chi connectivity index (χ0n) is 10.7. The lowest BCUT2D eigenvalue weighted by molar-refractivity contribution is -0.147. The molecule has 0 aromatic carbocycles. The molecule has 0 saturated heterocycles. The van der Waals surface area contributed by atoms with Crippen LogP contribution in [-0.2, 0) is 11.8 Å². The Morgan fingerprint density at radius 1 is 1.47 bits per heavy atom. The summed E-state index contributed by atoms with van der Waals surface area (Å²) in [6.45, 7) is 4.74. The molecule has 0 radical (unpaired) electrons. The van der Waals surface area contributed by atoms with Gasteiger partial charge >= 0.3 is 5.97 Å². The molecule has 1 amide bonds. The molecule has 17 heavy (non-hydrogen) atoms. The molecule has 6 heteroatoms. The lowest BCUT2D eigenvalue weighted by atomic mass is 10.0. The third-order valence-electron chi connectivity index (χ3n) is 3.13. The SMILES string of the molecule is Cc1c(C(=O)N(C)C(C)(C)C(=O)O)cnn1C. The zero-order chi connectivity index (χ0) is 13.4. The van der Waals surface area contributed by atoms with Crippen LogP contribution in [0.4, 0.5) is 0 Å². The maximum Gasteiger partial charge on any atom is 0.329 e. The number of aryl methyl sites for hydroxylation is 1. The highest BCUT2D eigenvalue weighted by atomic mass is 16.4. The summed E-state index contributed by atoms with van der Waals surface area (Å²) < 4.78 is 1.58. The Morgan fingerprint density at radius 2 is 2.00 bits per heavy atom. The van der Waals surface area contributed by atoms with Crippen molar-refractivity contribution in [1.82, 2.24) is 14.7 Å². The number of aromatic nitrogens is 2. The number of carbonyl (C=O) groups is 2. The standard InChI is InChI=1S/C11H17N3O3/c1-7-8(6-12-14(7)5)9(15)13(4)11(2,3)10(16)17/h6H,1-5H3,(H,16,17). The van der Waals surface area contributed by atoms with Crippen molar-refractivity contribution in [2.24, 2.45) is 7.05 Å². The Bertz CT molecular complexity index is 463. The van der Waals surface area contributed by atoms with Crippen molar-refractivity contribution in [2.75, 3.05) is 7.05 Å². The summed E-state index contributed by atoms with van der Waals surface area (Å²) in [6, 6.07) is 0. The molecule has 0 saturated carbocycles. The van der Waals surface area contributed by atoms with Gasteiger partial charge in [0.1, 0.15) is 5.54 Å². The maximum absolute atomic E-state index is 12.1. The van der Waals surface area contributed by atoms with E-state index in [9.17, 15) is 9.59 Å². The second kappa shape index (κ2) is 4.20. The zero-order valence-corrected chi connectivity index (χ0v) is 10.7. The predicted octanol–water partition coefficient (Wildman–Crippen LogP) is 0.664. The number of hydrogen-bond acceptors (Lipinski definition) is 3. The first kappa shape index (κ1) is 13.2. The van der Waals surface area contributed by atoms with E-state index in [1.165, 1.54) is 32.0 Å². The Hall–Kier alpha value is -1.85. The summed E-state index contributed by atoms with van der Waals surface area (Å²) >= 11 is 0. The van der Waals surface area contributed by atoms with Gasteiger partial charge in [-0.3, -0.25) is 9.48 Å². The average Bonchev–Trinajstić information content (AvgIpc) is 2.57. The number of aliphatic carboxylic acids is 1. The van der Waals surface area contributed by atoms with Gasteiger partial charge in [0, 0.05) is 19.8 Å². The van der Waals surface area contributed by atoms with E-state index in [-0.39, 0.29) is 5.91 Å². The molecule has 0 unspecified atom stereocenters. The number of carbonyl (C=O) groups excluding carboxylic acids is 1. The molecule has 0 fully saturated rings. The van der Waals surface area contributed by atoms with Gasteiger partial charge in [-0.25, -0.2) is 4.79 Å². The van der Waals surface area contributed by atoms with Crippen LogP contribution in [0, 0.1) is 6.92 Å². The second-order valence-electron chi connectivity index (χ2n) is 4.50. The molecule has 0 spiro atoms. The Kier molecular flexibility index (Phi) is 3.26. The quantitative estimate of drug-likeness (QED) is 0.841. The number of hydrogen-bond donors (Lipinski definition) is 1. The van der Waals surface area contributed by atoms with Crippen LogP contribution in [0.25, 0.3) is 0 Å². The molecule has 1 N–H and O–H groups in total. The number of likely N-dealkylation sites (N-methyl/N-ethyl adjacent to an activating group) is 1. The minimum absolute atomic E-state index is 0.344. The fraction of sp³-hybridized carbons (Fsp3) is 0.545. The normalized spacial score (nSPS) is 11.4. The summed E-state index contributed by atoms with van der Waals surface area (Å²) in [7, 11) is 3.21. The van der Waals surface area contributed by atoms with Crippen LogP contribution < -0.4 is 0 Å². The van der Waals surface area contributed by atoms with Crippen LogP contribution in [0.3, 0.4) is 0 Å². The Balaban J connectivity index is 3.07. The van der Waals surface area contributed by atoms with E-state index in [4.69, 9.17) is 5.11 Å². The van der Waals surface area contributed by atoms with Gasteiger partial charge in [-0.2, -0.15) is 5.10 Å². The van der Waals surface area contributed by atoms with Gasteiger partial charge in [0.2, 0.25) is 0 Å². The number of nitrogens with zero attached hydrogens (tertiary/aromatic N) is 3. The van der Waals surface area contributed by atoms with Crippen molar-refractivity contribution < 1.29 is 14.7 Å². The van der Waals surface area contributed by atoms with E-state index in [0.717, 1.165) is 0 Å². The average molecular weight is 239 g/mol. The molecular formula is C11H17N3O3. The maximum atomic E-state index is 12.1. The monoisotopic (exact) mass is 239 g/mol. The number of amides is 1. The highest BCUT2D eigenvalue weighted by molar-refractivity contribution is 5.98. The molecule has 94 valence electrons. The molecule has 0 aliphatic carbocycles. The summed E-state index contributed by atoms with van der Waals surface area (Å²) in [6.07, 6.45) is 1.45. The number of carboxylic acids is 1. The summed E-state index contributed by atoms with van der Waals surface area (Å²) in [5.74, 6) is -1.39. The predicted molar refractivity (Wildman–Crippen MR) is 61.8 cm³/mol. The van der Waals surface area contributed by atoms with Gasteiger partial charge in [0.05, 0.1) is 11.8 Å². The number of rotatable bonds is 3.